The van der Waals surface area contributed by atoms with E-state index in [9.17, 15) is 4.79 Å². The third-order valence-corrected chi connectivity index (χ3v) is 3.10. The average Bonchev–Trinajstić information content (AvgIpc) is 2.26. The standard InChI is InChI=1S/C12H23N3O.ClH/c1-3-6-14-12(16)9-15-7-4-5-11(8-15)10(2)13;/h3,10-11H,1,4-9,13H2,2H3,(H,14,16);1H. The molecule has 1 aliphatic heterocycles. The van der Waals surface area contributed by atoms with Gasteiger partial charge in [-0.05, 0) is 32.2 Å². The number of carbonyl (C=O) groups excluding carboxylic acids is 1. The van der Waals surface area contributed by atoms with Crippen LogP contribution < -0.4 is 11.1 Å². The van der Waals surface area contributed by atoms with Gasteiger partial charge in [0.2, 0.25) is 5.91 Å². The second kappa shape index (κ2) is 8.50. The largest absolute Gasteiger partial charge is 0.352 e. The molecule has 0 aromatic rings. The van der Waals surface area contributed by atoms with Crippen LogP contribution in [-0.2, 0) is 4.79 Å². The molecule has 3 N–H and O–H groups in total. The number of hydrogen-bond donors (Lipinski definition) is 2. The molecule has 1 fully saturated rings. The summed E-state index contributed by atoms with van der Waals surface area (Å²) in [6, 6.07) is 0.221. The maximum atomic E-state index is 11.5. The van der Waals surface area contributed by atoms with Crippen molar-refractivity contribution in [1.29, 1.82) is 0 Å². The first-order chi connectivity index (χ1) is 7.63. The van der Waals surface area contributed by atoms with E-state index in [1.807, 2.05) is 6.92 Å². The quantitative estimate of drug-likeness (QED) is 0.719. The van der Waals surface area contributed by atoms with Gasteiger partial charge in [0.25, 0.3) is 0 Å². The topological polar surface area (TPSA) is 58.4 Å². The van der Waals surface area contributed by atoms with Crippen LogP contribution in [-0.4, -0.2) is 43.0 Å². The number of amides is 1. The zero-order valence-electron chi connectivity index (χ0n) is 10.5. The Morgan fingerprint density at radius 2 is 2.41 bits per heavy atom. The lowest BCUT2D eigenvalue weighted by Crippen LogP contribution is -2.46. The predicted octanol–water partition coefficient (Wildman–Crippen LogP) is 0.770. The van der Waals surface area contributed by atoms with Gasteiger partial charge in [0.15, 0.2) is 0 Å². The van der Waals surface area contributed by atoms with Gasteiger partial charge in [0, 0.05) is 19.1 Å². The van der Waals surface area contributed by atoms with Gasteiger partial charge in [-0.25, -0.2) is 0 Å². The van der Waals surface area contributed by atoms with Crippen molar-refractivity contribution in [2.45, 2.75) is 25.8 Å². The Balaban J connectivity index is 0.00000256. The minimum absolute atomic E-state index is 0. The zero-order chi connectivity index (χ0) is 12.0. The second-order valence-corrected chi connectivity index (χ2v) is 4.59. The molecule has 1 amide bonds. The molecule has 2 unspecified atom stereocenters. The molecule has 1 saturated heterocycles. The summed E-state index contributed by atoms with van der Waals surface area (Å²) in [5.74, 6) is 0.603. The Kier molecular flexibility index (Phi) is 8.21. The fraction of sp³-hybridized carbons (Fsp3) is 0.750. The first kappa shape index (κ1) is 16.4. The minimum Gasteiger partial charge on any atom is -0.352 e. The summed E-state index contributed by atoms with van der Waals surface area (Å²) in [7, 11) is 0. The van der Waals surface area contributed by atoms with Crippen molar-refractivity contribution >= 4 is 18.3 Å². The summed E-state index contributed by atoms with van der Waals surface area (Å²) in [5.41, 5.74) is 5.90. The van der Waals surface area contributed by atoms with Gasteiger partial charge in [-0.15, -0.1) is 19.0 Å². The fourth-order valence-corrected chi connectivity index (χ4v) is 2.11. The van der Waals surface area contributed by atoms with Crippen LogP contribution in [0.15, 0.2) is 12.7 Å². The number of carbonyl (C=O) groups is 1. The number of piperidine rings is 1. The lowest BCUT2D eigenvalue weighted by Gasteiger charge is -2.34. The number of hydrogen-bond acceptors (Lipinski definition) is 3. The van der Waals surface area contributed by atoms with Crippen LogP contribution in [0.4, 0.5) is 0 Å². The Morgan fingerprint density at radius 1 is 1.71 bits per heavy atom. The normalized spacial score (nSPS) is 22.4. The van der Waals surface area contributed by atoms with Crippen molar-refractivity contribution in [2.24, 2.45) is 11.7 Å². The van der Waals surface area contributed by atoms with Crippen molar-refractivity contribution < 1.29 is 4.79 Å². The Bertz CT molecular complexity index is 246. The van der Waals surface area contributed by atoms with Crippen LogP contribution >= 0.6 is 12.4 Å². The molecule has 1 rings (SSSR count). The maximum Gasteiger partial charge on any atom is 0.234 e. The van der Waals surface area contributed by atoms with E-state index in [0.29, 0.717) is 19.0 Å². The smallest absolute Gasteiger partial charge is 0.234 e. The lowest BCUT2D eigenvalue weighted by atomic mass is 9.92. The molecule has 1 heterocycles. The van der Waals surface area contributed by atoms with Crippen LogP contribution in [0.3, 0.4) is 0 Å². The Hall–Kier alpha value is -0.580. The van der Waals surface area contributed by atoms with E-state index in [-0.39, 0.29) is 24.4 Å². The molecule has 0 radical (unpaired) electrons. The summed E-state index contributed by atoms with van der Waals surface area (Å²) in [5, 5.41) is 2.79. The highest BCUT2D eigenvalue weighted by Gasteiger charge is 2.23. The van der Waals surface area contributed by atoms with E-state index in [1.165, 1.54) is 6.42 Å². The molecule has 0 aromatic heterocycles. The number of likely N-dealkylation sites (tertiary alicyclic amines) is 1. The Labute approximate surface area is 110 Å². The van der Waals surface area contributed by atoms with E-state index in [2.05, 4.69) is 16.8 Å². The second-order valence-electron chi connectivity index (χ2n) is 4.59. The third-order valence-electron chi connectivity index (χ3n) is 3.10. The Morgan fingerprint density at radius 3 is 3.00 bits per heavy atom. The van der Waals surface area contributed by atoms with E-state index in [1.54, 1.807) is 6.08 Å². The number of halogens is 1. The lowest BCUT2D eigenvalue weighted by molar-refractivity contribution is -0.122. The first-order valence-corrected chi connectivity index (χ1v) is 5.99. The molecular weight excluding hydrogens is 238 g/mol. The van der Waals surface area contributed by atoms with Gasteiger partial charge in [0.1, 0.15) is 0 Å². The van der Waals surface area contributed by atoms with Gasteiger partial charge in [-0.3, -0.25) is 9.69 Å². The van der Waals surface area contributed by atoms with E-state index < -0.39 is 0 Å². The first-order valence-electron chi connectivity index (χ1n) is 5.99. The van der Waals surface area contributed by atoms with E-state index in [4.69, 9.17) is 5.73 Å². The molecule has 0 bridgehead atoms. The minimum atomic E-state index is 0. The van der Waals surface area contributed by atoms with Crippen LogP contribution in [0.2, 0.25) is 0 Å². The van der Waals surface area contributed by atoms with Gasteiger partial charge in [0.05, 0.1) is 6.54 Å². The van der Waals surface area contributed by atoms with Crippen LogP contribution in [0.5, 0.6) is 0 Å². The summed E-state index contributed by atoms with van der Waals surface area (Å²) in [6.45, 7) is 8.59. The predicted molar refractivity (Wildman–Crippen MR) is 73.3 cm³/mol. The molecule has 0 saturated carbocycles. The SMILES string of the molecule is C=CCNC(=O)CN1CCCC(C(C)N)C1.Cl. The average molecular weight is 262 g/mol. The van der Waals surface area contributed by atoms with Crippen LogP contribution in [0.25, 0.3) is 0 Å². The summed E-state index contributed by atoms with van der Waals surface area (Å²) >= 11 is 0. The summed E-state index contributed by atoms with van der Waals surface area (Å²) in [6.07, 6.45) is 4.02. The van der Waals surface area contributed by atoms with E-state index in [0.717, 1.165) is 19.5 Å². The third kappa shape index (κ3) is 6.05. The van der Waals surface area contributed by atoms with Crippen molar-refractivity contribution in [3.63, 3.8) is 0 Å². The molecule has 0 spiro atoms. The molecule has 0 aliphatic carbocycles. The van der Waals surface area contributed by atoms with Crippen molar-refractivity contribution in [3.8, 4) is 0 Å². The highest BCUT2D eigenvalue weighted by atomic mass is 35.5. The van der Waals surface area contributed by atoms with Crippen molar-refractivity contribution in [3.05, 3.63) is 12.7 Å². The fourth-order valence-electron chi connectivity index (χ4n) is 2.11. The molecule has 100 valence electrons. The van der Waals surface area contributed by atoms with Gasteiger partial charge >= 0.3 is 0 Å². The number of nitrogens with one attached hydrogen (secondary N) is 1. The maximum absolute atomic E-state index is 11.5. The van der Waals surface area contributed by atoms with Crippen molar-refractivity contribution in [1.82, 2.24) is 10.2 Å². The molecule has 0 aromatic carbocycles. The number of rotatable bonds is 5. The monoisotopic (exact) mass is 261 g/mol. The number of nitrogens with zero attached hydrogens (tertiary/aromatic N) is 1. The molecule has 5 heteroatoms. The molecule has 1 aliphatic rings. The molecular formula is C12H24ClN3O. The van der Waals surface area contributed by atoms with Gasteiger partial charge in [-0.2, -0.15) is 0 Å². The summed E-state index contributed by atoms with van der Waals surface area (Å²) < 4.78 is 0. The number of nitrogens with two attached hydrogens (primary N) is 1. The van der Waals surface area contributed by atoms with Gasteiger partial charge < -0.3 is 11.1 Å². The molecule has 2 atom stereocenters. The van der Waals surface area contributed by atoms with Gasteiger partial charge in [-0.1, -0.05) is 6.08 Å². The summed E-state index contributed by atoms with van der Waals surface area (Å²) in [4.78, 5) is 13.7. The van der Waals surface area contributed by atoms with Crippen LogP contribution in [0.1, 0.15) is 19.8 Å². The van der Waals surface area contributed by atoms with E-state index >= 15 is 0 Å². The molecule has 17 heavy (non-hydrogen) atoms. The van der Waals surface area contributed by atoms with Crippen LogP contribution in [0, 0.1) is 5.92 Å². The van der Waals surface area contributed by atoms with Crippen molar-refractivity contribution in [2.75, 3.05) is 26.2 Å². The zero-order valence-corrected chi connectivity index (χ0v) is 11.3. The molecule has 4 nitrogen and oxygen atoms in total. The highest BCUT2D eigenvalue weighted by Crippen LogP contribution is 2.18. The highest BCUT2D eigenvalue weighted by molar-refractivity contribution is 5.85.